The van der Waals surface area contributed by atoms with E-state index in [1.54, 1.807) is 0 Å². The summed E-state index contributed by atoms with van der Waals surface area (Å²) < 4.78 is 21.5. The smallest absolute Gasteiger partial charge is 0.251 e. The van der Waals surface area contributed by atoms with Crippen LogP contribution >= 0.6 is 0 Å². The average molecular weight is 174 g/mol. The highest BCUT2D eigenvalue weighted by Gasteiger charge is 2.07. The number of sulfone groups is 1. The van der Waals surface area contributed by atoms with Gasteiger partial charge in [0.25, 0.3) is 5.56 Å². The van der Waals surface area contributed by atoms with Crippen LogP contribution in [0.4, 0.5) is 0 Å². The molecule has 0 spiro atoms. The van der Waals surface area contributed by atoms with E-state index >= 15 is 0 Å². The largest absolute Gasteiger partial charge is 0.313 e. The van der Waals surface area contributed by atoms with Crippen molar-refractivity contribution in [2.24, 2.45) is 0 Å². The molecule has 1 aromatic heterocycles. The molecule has 1 aromatic rings. The molecule has 1 rings (SSSR count). The lowest BCUT2D eigenvalue weighted by Gasteiger charge is -1.92. The van der Waals surface area contributed by atoms with Gasteiger partial charge in [-0.15, -0.1) is 0 Å². The third kappa shape index (κ3) is 1.87. The molecule has 0 fully saturated rings. The molecule has 6 heteroatoms. The van der Waals surface area contributed by atoms with E-state index < -0.39 is 15.4 Å². The predicted molar refractivity (Wildman–Crippen MR) is 38.0 cm³/mol. The molecule has 5 nitrogen and oxygen atoms in total. The van der Waals surface area contributed by atoms with E-state index in [0.717, 1.165) is 18.6 Å². The van der Waals surface area contributed by atoms with Crippen LogP contribution < -0.4 is 5.56 Å². The van der Waals surface area contributed by atoms with Crippen molar-refractivity contribution in [1.82, 2.24) is 9.97 Å². The molecule has 0 aromatic carbocycles. The first-order valence-corrected chi connectivity index (χ1v) is 4.64. The lowest BCUT2D eigenvalue weighted by Crippen LogP contribution is -2.10. The number of nitrogens with zero attached hydrogens (tertiary/aromatic N) is 1. The quantitative estimate of drug-likeness (QED) is 0.564. The molecule has 0 radical (unpaired) electrons. The molecule has 1 heterocycles. The van der Waals surface area contributed by atoms with Crippen molar-refractivity contribution in [2.45, 2.75) is 5.03 Å². The van der Waals surface area contributed by atoms with Crippen molar-refractivity contribution < 1.29 is 8.42 Å². The summed E-state index contributed by atoms with van der Waals surface area (Å²) in [7, 11) is -3.36. The van der Waals surface area contributed by atoms with E-state index in [1.165, 1.54) is 0 Å². The van der Waals surface area contributed by atoms with E-state index in [2.05, 4.69) is 9.97 Å². The summed E-state index contributed by atoms with van der Waals surface area (Å²) in [5, 5.41) is -0.207. The van der Waals surface area contributed by atoms with Gasteiger partial charge in [0.2, 0.25) is 0 Å². The summed E-state index contributed by atoms with van der Waals surface area (Å²) in [6.07, 6.45) is 2.05. The molecular weight excluding hydrogens is 168 g/mol. The first-order chi connectivity index (χ1) is 5.00. The van der Waals surface area contributed by atoms with Gasteiger partial charge >= 0.3 is 0 Å². The maximum Gasteiger partial charge on any atom is 0.251 e. The molecule has 1 N–H and O–H groups in total. The molecule has 0 saturated heterocycles. The molecule has 0 aliphatic carbocycles. The van der Waals surface area contributed by atoms with Crippen LogP contribution in [0.1, 0.15) is 0 Å². The highest BCUT2D eigenvalue weighted by molar-refractivity contribution is 7.90. The van der Waals surface area contributed by atoms with E-state index in [-0.39, 0.29) is 5.03 Å². The summed E-state index contributed by atoms with van der Waals surface area (Å²) in [5.74, 6) is 0. The summed E-state index contributed by atoms with van der Waals surface area (Å²) in [6, 6.07) is 0.940. The van der Waals surface area contributed by atoms with Crippen LogP contribution in [-0.4, -0.2) is 24.6 Å². The van der Waals surface area contributed by atoms with Crippen LogP contribution in [0.5, 0.6) is 0 Å². The predicted octanol–water partition coefficient (Wildman–Crippen LogP) is -0.827. The zero-order valence-corrected chi connectivity index (χ0v) is 6.55. The topological polar surface area (TPSA) is 79.9 Å². The number of hydrogen-bond donors (Lipinski definition) is 1. The van der Waals surface area contributed by atoms with Crippen LogP contribution in [0.15, 0.2) is 22.2 Å². The Morgan fingerprint density at radius 1 is 1.55 bits per heavy atom. The maximum absolute atomic E-state index is 10.8. The number of H-pyrrole nitrogens is 1. The van der Waals surface area contributed by atoms with Gasteiger partial charge in [0.15, 0.2) is 14.9 Å². The van der Waals surface area contributed by atoms with Gasteiger partial charge in [-0.2, -0.15) is 0 Å². The minimum atomic E-state index is -3.36. The fraction of sp³-hybridized carbons (Fsp3) is 0.200. The molecule has 0 atom stereocenters. The Kier molecular flexibility index (Phi) is 1.77. The minimum Gasteiger partial charge on any atom is -0.313 e. The molecule has 11 heavy (non-hydrogen) atoms. The summed E-state index contributed by atoms with van der Waals surface area (Å²) in [5.41, 5.74) is -0.472. The fourth-order valence-electron chi connectivity index (χ4n) is 0.553. The third-order valence-electron chi connectivity index (χ3n) is 1.03. The Labute approximate surface area is 63.0 Å². The lowest BCUT2D eigenvalue weighted by molar-refractivity contribution is 0.597. The van der Waals surface area contributed by atoms with Gasteiger partial charge in [-0.1, -0.05) is 0 Å². The van der Waals surface area contributed by atoms with Crippen LogP contribution in [0, 0.1) is 0 Å². The van der Waals surface area contributed by atoms with Gasteiger partial charge in [-0.05, 0) is 0 Å². The lowest BCUT2D eigenvalue weighted by atomic mass is 10.7. The summed E-state index contributed by atoms with van der Waals surface area (Å²) in [6.45, 7) is 0. The normalized spacial score (nSPS) is 11.4. The van der Waals surface area contributed by atoms with Crippen LogP contribution in [-0.2, 0) is 9.84 Å². The molecular formula is C5H6N2O3S. The molecule has 0 bridgehead atoms. The van der Waals surface area contributed by atoms with Crippen molar-refractivity contribution in [1.29, 1.82) is 0 Å². The second-order valence-corrected chi connectivity index (χ2v) is 3.98. The highest BCUT2D eigenvalue weighted by Crippen LogP contribution is 1.97. The van der Waals surface area contributed by atoms with E-state index in [0.29, 0.717) is 0 Å². The zero-order valence-electron chi connectivity index (χ0n) is 5.73. The molecule has 0 aliphatic heterocycles. The molecule has 0 saturated carbocycles. The number of aromatic amines is 1. The van der Waals surface area contributed by atoms with Gasteiger partial charge in [-0.3, -0.25) is 4.79 Å². The van der Waals surface area contributed by atoms with E-state index in [9.17, 15) is 13.2 Å². The number of hydrogen-bond acceptors (Lipinski definition) is 4. The minimum absolute atomic E-state index is 0.207. The van der Waals surface area contributed by atoms with Gasteiger partial charge < -0.3 is 4.98 Å². The van der Waals surface area contributed by atoms with Crippen molar-refractivity contribution in [2.75, 3.05) is 6.26 Å². The van der Waals surface area contributed by atoms with Crippen molar-refractivity contribution in [3.63, 3.8) is 0 Å². The molecule has 0 amide bonds. The Balaban J connectivity index is 3.40. The van der Waals surface area contributed by atoms with Crippen molar-refractivity contribution in [3.05, 3.63) is 22.7 Å². The van der Waals surface area contributed by atoms with Gasteiger partial charge in [0.05, 0.1) is 6.33 Å². The SMILES string of the molecule is CS(=O)(=O)c1cc(=O)[nH]cn1. The van der Waals surface area contributed by atoms with Gasteiger partial charge in [0, 0.05) is 12.3 Å². The number of aromatic nitrogens is 2. The van der Waals surface area contributed by atoms with Crippen LogP contribution in [0.3, 0.4) is 0 Å². The second-order valence-electron chi connectivity index (χ2n) is 2.02. The second kappa shape index (κ2) is 2.46. The molecule has 60 valence electrons. The van der Waals surface area contributed by atoms with E-state index in [4.69, 9.17) is 0 Å². The van der Waals surface area contributed by atoms with Crippen molar-refractivity contribution in [3.8, 4) is 0 Å². The standard InChI is InChI=1S/C5H6N2O3S/c1-11(9,10)5-2-4(8)6-3-7-5/h2-3H,1H3,(H,6,7,8). The van der Waals surface area contributed by atoms with Gasteiger partial charge in [0.1, 0.15) is 0 Å². The monoisotopic (exact) mass is 174 g/mol. The Morgan fingerprint density at radius 3 is 2.55 bits per heavy atom. The number of rotatable bonds is 1. The number of nitrogens with one attached hydrogen (secondary N) is 1. The summed E-state index contributed by atoms with van der Waals surface area (Å²) in [4.78, 5) is 16.3. The Bertz CT molecular complexity index is 406. The average Bonchev–Trinajstić information content (AvgIpc) is 1.86. The first-order valence-electron chi connectivity index (χ1n) is 2.75. The highest BCUT2D eigenvalue weighted by atomic mass is 32.2. The maximum atomic E-state index is 10.8. The first kappa shape index (κ1) is 7.93. The van der Waals surface area contributed by atoms with Crippen LogP contribution in [0.25, 0.3) is 0 Å². The molecule has 0 unspecified atom stereocenters. The Hall–Kier alpha value is -1.17. The van der Waals surface area contributed by atoms with Crippen molar-refractivity contribution >= 4 is 9.84 Å². The Morgan fingerprint density at radius 2 is 2.18 bits per heavy atom. The van der Waals surface area contributed by atoms with E-state index in [1.807, 2.05) is 0 Å². The third-order valence-corrected chi connectivity index (χ3v) is 2.02. The zero-order chi connectivity index (χ0) is 8.48. The van der Waals surface area contributed by atoms with Crippen LogP contribution in [0.2, 0.25) is 0 Å². The molecule has 0 aliphatic rings. The van der Waals surface area contributed by atoms with Gasteiger partial charge in [-0.25, -0.2) is 13.4 Å². The fourth-order valence-corrected chi connectivity index (χ4v) is 1.12. The summed E-state index contributed by atoms with van der Waals surface area (Å²) >= 11 is 0.